The standard InChI is InChI=1S/C9H15N3O4/c1-3-4-16-9(15)11-5-7(13)12-6(2)8(10)14/h3,6H,1,4-5H2,2H3,(H2,10,14)(H,11,15)(H,12,13)/t6-/m1/s1. The number of primary amides is 1. The monoisotopic (exact) mass is 229 g/mol. The molecule has 0 aliphatic rings. The summed E-state index contributed by atoms with van der Waals surface area (Å²) in [6.45, 7) is 4.57. The molecular formula is C9H15N3O4. The lowest BCUT2D eigenvalue weighted by Crippen LogP contribution is -2.46. The molecule has 0 aromatic heterocycles. The van der Waals surface area contributed by atoms with Crippen LogP contribution in [0.15, 0.2) is 12.7 Å². The van der Waals surface area contributed by atoms with Gasteiger partial charge in [0.25, 0.3) is 0 Å². The van der Waals surface area contributed by atoms with Crippen molar-refractivity contribution >= 4 is 17.9 Å². The zero-order valence-electron chi connectivity index (χ0n) is 8.99. The first kappa shape index (κ1) is 13.9. The number of hydrogen-bond acceptors (Lipinski definition) is 4. The summed E-state index contributed by atoms with van der Waals surface area (Å²) in [5.41, 5.74) is 4.93. The fourth-order valence-electron chi connectivity index (χ4n) is 0.702. The lowest BCUT2D eigenvalue weighted by Gasteiger charge is -2.10. The third-order valence-electron chi connectivity index (χ3n) is 1.53. The van der Waals surface area contributed by atoms with Gasteiger partial charge in [0.15, 0.2) is 0 Å². The molecule has 1 atom stereocenters. The van der Waals surface area contributed by atoms with Crippen LogP contribution < -0.4 is 16.4 Å². The number of carbonyl (C=O) groups is 3. The van der Waals surface area contributed by atoms with Gasteiger partial charge in [-0.25, -0.2) is 4.79 Å². The van der Waals surface area contributed by atoms with E-state index in [2.05, 4.69) is 21.9 Å². The molecule has 0 rings (SSSR count). The van der Waals surface area contributed by atoms with Crippen LogP contribution in [0.3, 0.4) is 0 Å². The second kappa shape index (κ2) is 7.27. The first-order valence-electron chi connectivity index (χ1n) is 4.57. The van der Waals surface area contributed by atoms with E-state index in [9.17, 15) is 14.4 Å². The van der Waals surface area contributed by atoms with E-state index < -0.39 is 23.9 Å². The van der Waals surface area contributed by atoms with E-state index in [0.29, 0.717) is 0 Å². The minimum Gasteiger partial charge on any atom is -0.445 e. The van der Waals surface area contributed by atoms with Crippen LogP contribution >= 0.6 is 0 Å². The quantitative estimate of drug-likeness (QED) is 0.501. The Bertz CT molecular complexity index is 290. The molecule has 0 bridgehead atoms. The Balaban J connectivity index is 3.76. The van der Waals surface area contributed by atoms with E-state index in [-0.39, 0.29) is 13.2 Å². The molecule has 16 heavy (non-hydrogen) atoms. The molecule has 0 spiro atoms. The zero-order chi connectivity index (χ0) is 12.6. The molecule has 4 N–H and O–H groups in total. The molecule has 90 valence electrons. The number of rotatable bonds is 6. The summed E-state index contributed by atoms with van der Waals surface area (Å²) in [4.78, 5) is 32.6. The molecule has 0 saturated heterocycles. The van der Waals surface area contributed by atoms with E-state index in [1.54, 1.807) is 0 Å². The van der Waals surface area contributed by atoms with Crippen LogP contribution in [0.2, 0.25) is 0 Å². The summed E-state index contributed by atoms with van der Waals surface area (Å²) in [5, 5.41) is 4.48. The molecule has 7 heteroatoms. The highest BCUT2D eigenvalue weighted by Gasteiger charge is 2.12. The van der Waals surface area contributed by atoms with Crippen molar-refractivity contribution in [3.63, 3.8) is 0 Å². The second-order valence-electron chi connectivity index (χ2n) is 2.93. The Hall–Kier alpha value is -2.05. The maximum absolute atomic E-state index is 11.1. The van der Waals surface area contributed by atoms with Gasteiger partial charge in [-0.2, -0.15) is 0 Å². The second-order valence-corrected chi connectivity index (χ2v) is 2.93. The van der Waals surface area contributed by atoms with E-state index >= 15 is 0 Å². The highest BCUT2D eigenvalue weighted by atomic mass is 16.5. The number of carbonyl (C=O) groups excluding carboxylic acids is 3. The Labute approximate surface area is 93.0 Å². The average Bonchev–Trinajstić information content (AvgIpc) is 2.23. The van der Waals surface area contributed by atoms with Crippen LogP contribution in [0, 0.1) is 0 Å². The van der Waals surface area contributed by atoms with Crippen LogP contribution in [-0.2, 0) is 14.3 Å². The Morgan fingerprint density at radius 2 is 2.12 bits per heavy atom. The van der Waals surface area contributed by atoms with Gasteiger partial charge in [-0.15, -0.1) is 0 Å². The SMILES string of the molecule is C=CCOC(=O)NCC(=O)N[C@H](C)C(N)=O. The molecule has 0 aromatic rings. The molecule has 7 nitrogen and oxygen atoms in total. The molecule has 0 fully saturated rings. The molecule has 0 heterocycles. The van der Waals surface area contributed by atoms with Gasteiger partial charge >= 0.3 is 6.09 Å². The van der Waals surface area contributed by atoms with Crippen LogP contribution in [0.25, 0.3) is 0 Å². The van der Waals surface area contributed by atoms with Gasteiger partial charge in [0.2, 0.25) is 11.8 Å². The highest BCUT2D eigenvalue weighted by Crippen LogP contribution is 1.80. The van der Waals surface area contributed by atoms with Crippen LogP contribution in [-0.4, -0.2) is 37.1 Å². The minimum atomic E-state index is -0.779. The van der Waals surface area contributed by atoms with Gasteiger partial charge in [0.1, 0.15) is 19.2 Å². The summed E-state index contributed by atoms with van der Waals surface area (Å²) in [5.74, 6) is -1.18. The third-order valence-corrected chi connectivity index (χ3v) is 1.53. The van der Waals surface area contributed by atoms with Gasteiger partial charge in [-0.05, 0) is 6.92 Å². The van der Waals surface area contributed by atoms with E-state index in [1.807, 2.05) is 0 Å². The number of nitrogens with two attached hydrogens (primary N) is 1. The number of amides is 3. The largest absolute Gasteiger partial charge is 0.445 e. The average molecular weight is 229 g/mol. The van der Waals surface area contributed by atoms with Crippen molar-refractivity contribution in [2.45, 2.75) is 13.0 Å². The molecule has 0 unspecified atom stereocenters. The van der Waals surface area contributed by atoms with Gasteiger partial charge in [0.05, 0.1) is 0 Å². The molecule has 3 amide bonds. The summed E-state index contributed by atoms with van der Waals surface area (Å²) in [7, 11) is 0. The summed E-state index contributed by atoms with van der Waals surface area (Å²) in [6, 6.07) is -0.779. The first-order valence-corrected chi connectivity index (χ1v) is 4.57. The Kier molecular flexibility index (Phi) is 6.34. The van der Waals surface area contributed by atoms with Gasteiger partial charge < -0.3 is 21.1 Å². The minimum absolute atomic E-state index is 0.0607. The van der Waals surface area contributed by atoms with Crippen LogP contribution in [0.5, 0.6) is 0 Å². The molecule has 0 radical (unpaired) electrons. The van der Waals surface area contributed by atoms with E-state index in [1.165, 1.54) is 13.0 Å². The van der Waals surface area contributed by atoms with Crippen molar-refractivity contribution in [1.82, 2.24) is 10.6 Å². The topological polar surface area (TPSA) is 111 Å². The molecule has 0 aliphatic carbocycles. The number of alkyl carbamates (subject to hydrolysis) is 1. The normalized spacial score (nSPS) is 11.1. The van der Waals surface area contributed by atoms with Crippen LogP contribution in [0.1, 0.15) is 6.92 Å². The summed E-state index contributed by atoms with van der Waals surface area (Å²) < 4.78 is 4.55. The predicted molar refractivity (Wildman–Crippen MR) is 56.3 cm³/mol. The van der Waals surface area contributed by atoms with Crippen molar-refractivity contribution in [3.05, 3.63) is 12.7 Å². The van der Waals surface area contributed by atoms with Crippen LogP contribution in [0.4, 0.5) is 4.79 Å². The lowest BCUT2D eigenvalue weighted by molar-refractivity contribution is -0.126. The maximum atomic E-state index is 11.1. The third kappa shape index (κ3) is 6.41. The Morgan fingerprint density at radius 1 is 1.50 bits per heavy atom. The Morgan fingerprint density at radius 3 is 2.62 bits per heavy atom. The van der Waals surface area contributed by atoms with Gasteiger partial charge in [-0.1, -0.05) is 12.7 Å². The fraction of sp³-hybridized carbons (Fsp3) is 0.444. The molecule has 0 saturated carbocycles. The van der Waals surface area contributed by atoms with Crippen molar-refractivity contribution in [3.8, 4) is 0 Å². The molecular weight excluding hydrogens is 214 g/mol. The van der Waals surface area contributed by atoms with Crippen molar-refractivity contribution in [2.75, 3.05) is 13.2 Å². The summed E-state index contributed by atoms with van der Waals surface area (Å²) >= 11 is 0. The van der Waals surface area contributed by atoms with Crippen molar-refractivity contribution in [1.29, 1.82) is 0 Å². The zero-order valence-corrected chi connectivity index (χ0v) is 8.99. The lowest BCUT2D eigenvalue weighted by atomic mass is 10.3. The predicted octanol–water partition coefficient (Wildman–Crippen LogP) is -1.11. The highest BCUT2D eigenvalue weighted by molar-refractivity contribution is 5.88. The number of nitrogens with one attached hydrogen (secondary N) is 2. The number of ether oxygens (including phenoxy) is 1. The van der Waals surface area contributed by atoms with Gasteiger partial charge in [-0.3, -0.25) is 9.59 Å². The number of hydrogen-bond donors (Lipinski definition) is 3. The molecule has 0 aromatic carbocycles. The van der Waals surface area contributed by atoms with Gasteiger partial charge in [0, 0.05) is 0 Å². The summed E-state index contributed by atoms with van der Waals surface area (Å²) in [6.07, 6.45) is 0.663. The molecule has 0 aliphatic heterocycles. The fourth-order valence-corrected chi connectivity index (χ4v) is 0.702. The first-order chi connectivity index (χ1) is 7.47. The van der Waals surface area contributed by atoms with E-state index in [4.69, 9.17) is 5.73 Å². The van der Waals surface area contributed by atoms with E-state index in [0.717, 1.165) is 0 Å². The smallest absolute Gasteiger partial charge is 0.407 e. The van der Waals surface area contributed by atoms with Crippen molar-refractivity contribution < 1.29 is 19.1 Å². The van der Waals surface area contributed by atoms with Crippen molar-refractivity contribution in [2.24, 2.45) is 5.73 Å². The maximum Gasteiger partial charge on any atom is 0.407 e.